The summed E-state index contributed by atoms with van der Waals surface area (Å²) in [6.07, 6.45) is 15.2. The standard InChI is InChI=1S/C24H36F2O/c1-2-3-5-18-8-10-19(11-9-18)12-13-20-14-16-24(27,17-15-20)21-6-4-7-22(25)23(21)26/h4,6-7,18-20,27H,2-3,5,8-17H2,1H3/t18-,19-,20?,24?. The van der Waals surface area contributed by atoms with E-state index >= 15 is 0 Å². The van der Waals surface area contributed by atoms with E-state index in [1.165, 1.54) is 69.9 Å². The van der Waals surface area contributed by atoms with Crippen molar-refractivity contribution in [3.8, 4) is 0 Å². The first-order valence-corrected chi connectivity index (χ1v) is 11.2. The highest BCUT2D eigenvalue weighted by atomic mass is 19.2. The Kier molecular flexibility index (Phi) is 7.30. The molecule has 2 aliphatic rings. The molecule has 0 bridgehead atoms. The average Bonchev–Trinajstić information content (AvgIpc) is 2.69. The summed E-state index contributed by atoms with van der Waals surface area (Å²) in [5, 5.41) is 10.9. The second kappa shape index (κ2) is 9.49. The Morgan fingerprint density at radius 1 is 0.889 bits per heavy atom. The van der Waals surface area contributed by atoms with Crippen LogP contribution in [-0.2, 0) is 5.60 Å². The van der Waals surface area contributed by atoms with Gasteiger partial charge >= 0.3 is 0 Å². The van der Waals surface area contributed by atoms with E-state index < -0.39 is 17.2 Å². The van der Waals surface area contributed by atoms with Crippen LogP contribution in [0.3, 0.4) is 0 Å². The Labute approximate surface area is 163 Å². The van der Waals surface area contributed by atoms with Gasteiger partial charge in [0.2, 0.25) is 0 Å². The number of rotatable bonds is 7. The first-order chi connectivity index (χ1) is 13.0. The number of hydrogen-bond donors (Lipinski definition) is 1. The van der Waals surface area contributed by atoms with Crippen LogP contribution in [0.2, 0.25) is 0 Å². The van der Waals surface area contributed by atoms with Crippen molar-refractivity contribution in [2.75, 3.05) is 0 Å². The van der Waals surface area contributed by atoms with Gasteiger partial charge in [-0.15, -0.1) is 0 Å². The molecule has 0 unspecified atom stereocenters. The van der Waals surface area contributed by atoms with Crippen LogP contribution in [-0.4, -0.2) is 5.11 Å². The van der Waals surface area contributed by atoms with Gasteiger partial charge < -0.3 is 5.11 Å². The fourth-order valence-electron chi connectivity index (χ4n) is 5.35. The van der Waals surface area contributed by atoms with E-state index in [9.17, 15) is 13.9 Å². The number of aliphatic hydroxyl groups is 1. The second-order valence-corrected chi connectivity index (χ2v) is 9.18. The van der Waals surface area contributed by atoms with Crippen LogP contribution >= 0.6 is 0 Å². The van der Waals surface area contributed by atoms with E-state index in [-0.39, 0.29) is 5.56 Å². The quantitative estimate of drug-likeness (QED) is 0.535. The van der Waals surface area contributed by atoms with Crippen molar-refractivity contribution in [2.45, 2.75) is 96.0 Å². The Bertz CT molecular complexity index is 584. The lowest BCUT2D eigenvalue weighted by Gasteiger charge is -2.37. The van der Waals surface area contributed by atoms with Crippen LogP contribution in [0.5, 0.6) is 0 Å². The predicted molar refractivity (Wildman–Crippen MR) is 106 cm³/mol. The zero-order valence-corrected chi connectivity index (χ0v) is 16.9. The molecule has 0 aliphatic heterocycles. The molecule has 2 aliphatic carbocycles. The van der Waals surface area contributed by atoms with Gasteiger partial charge in [0.05, 0.1) is 5.60 Å². The lowest BCUT2D eigenvalue weighted by Crippen LogP contribution is -2.33. The molecule has 1 aromatic carbocycles. The summed E-state index contributed by atoms with van der Waals surface area (Å²) in [5.74, 6) is 0.729. The molecule has 2 fully saturated rings. The number of benzene rings is 1. The first-order valence-electron chi connectivity index (χ1n) is 11.2. The Morgan fingerprint density at radius 3 is 2.04 bits per heavy atom. The normalized spacial score (nSPS) is 31.8. The summed E-state index contributed by atoms with van der Waals surface area (Å²) in [4.78, 5) is 0. The van der Waals surface area contributed by atoms with Gasteiger partial charge in [0.25, 0.3) is 0 Å². The van der Waals surface area contributed by atoms with Gasteiger partial charge in [-0.3, -0.25) is 0 Å². The van der Waals surface area contributed by atoms with Crippen molar-refractivity contribution in [1.82, 2.24) is 0 Å². The average molecular weight is 379 g/mol. The molecule has 2 saturated carbocycles. The van der Waals surface area contributed by atoms with Crippen molar-refractivity contribution in [3.63, 3.8) is 0 Å². The van der Waals surface area contributed by atoms with E-state index in [1.54, 1.807) is 0 Å². The van der Waals surface area contributed by atoms with E-state index in [1.807, 2.05) is 0 Å². The van der Waals surface area contributed by atoms with Crippen LogP contribution in [0.4, 0.5) is 8.78 Å². The molecule has 3 heteroatoms. The fraction of sp³-hybridized carbons (Fsp3) is 0.750. The number of hydrogen-bond acceptors (Lipinski definition) is 1. The fourth-order valence-corrected chi connectivity index (χ4v) is 5.35. The lowest BCUT2D eigenvalue weighted by molar-refractivity contribution is -0.0193. The van der Waals surface area contributed by atoms with E-state index in [2.05, 4.69) is 6.92 Å². The van der Waals surface area contributed by atoms with Crippen molar-refractivity contribution in [2.24, 2.45) is 17.8 Å². The summed E-state index contributed by atoms with van der Waals surface area (Å²) < 4.78 is 27.6. The third-order valence-corrected chi connectivity index (χ3v) is 7.30. The monoisotopic (exact) mass is 378 g/mol. The van der Waals surface area contributed by atoms with Crippen molar-refractivity contribution < 1.29 is 13.9 Å². The highest BCUT2D eigenvalue weighted by molar-refractivity contribution is 5.26. The molecular formula is C24H36F2O. The predicted octanol–water partition coefficient (Wildman–Crippen LogP) is 7.12. The molecule has 0 heterocycles. The number of unbranched alkanes of at least 4 members (excludes halogenated alkanes) is 1. The van der Waals surface area contributed by atoms with Gasteiger partial charge in [-0.2, -0.15) is 0 Å². The highest BCUT2D eigenvalue weighted by Crippen LogP contribution is 2.43. The molecule has 0 aromatic heterocycles. The zero-order valence-electron chi connectivity index (χ0n) is 16.9. The first kappa shape index (κ1) is 20.8. The third-order valence-electron chi connectivity index (χ3n) is 7.30. The summed E-state index contributed by atoms with van der Waals surface area (Å²) >= 11 is 0. The van der Waals surface area contributed by atoms with E-state index in [0.29, 0.717) is 18.8 Å². The van der Waals surface area contributed by atoms with Gasteiger partial charge in [-0.05, 0) is 49.5 Å². The minimum absolute atomic E-state index is 0.145. The topological polar surface area (TPSA) is 20.2 Å². The highest BCUT2D eigenvalue weighted by Gasteiger charge is 2.37. The summed E-state index contributed by atoms with van der Waals surface area (Å²) in [6, 6.07) is 4.15. The second-order valence-electron chi connectivity index (χ2n) is 9.18. The van der Waals surface area contributed by atoms with Crippen LogP contribution < -0.4 is 0 Å². The van der Waals surface area contributed by atoms with Gasteiger partial charge in [-0.25, -0.2) is 8.78 Å². The lowest BCUT2D eigenvalue weighted by atomic mass is 9.72. The molecule has 0 amide bonds. The smallest absolute Gasteiger partial charge is 0.164 e. The molecule has 0 radical (unpaired) electrons. The molecular weight excluding hydrogens is 342 g/mol. The molecule has 3 rings (SSSR count). The van der Waals surface area contributed by atoms with Crippen LogP contribution in [0.1, 0.15) is 96.0 Å². The molecule has 0 atom stereocenters. The maximum Gasteiger partial charge on any atom is 0.164 e. The summed E-state index contributed by atoms with van der Waals surface area (Å²) in [6.45, 7) is 2.28. The Balaban J connectivity index is 1.42. The molecule has 0 saturated heterocycles. The largest absolute Gasteiger partial charge is 0.385 e. The molecule has 1 N–H and O–H groups in total. The molecule has 27 heavy (non-hydrogen) atoms. The van der Waals surface area contributed by atoms with Gasteiger partial charge in [-0.1, -0.05) is 76.8 Å². The molecule has 1 nitrogen and oxygen atoms in total. The van der Waals surface area contributed by atoms with Crippen LogP contribution in [0, 0.1) is 29.4 Å². The van der Waals surface area contributed by atoms with E-state index in [0.717, 1.165) is 30.7 Å². The van der Waals surface area contributed by atoms with E-state index in [4.69, 9.17) is 0 Å². The maximum atomic E-state index is 14.1. The zero-order chi connectivity index (χ0) is 19.3. The van der Waals surface area contributed by atoms with Gasteiger partial charge in [0.1, 0.15) is 0 Å². The maximum absolute atomic E-state index is 14.1. The van der Waals surface area contributed by atoms with Crippen molar-refractivity contribution in [3.05, 3.63) is 35.4 Å². The molecule has 0 spiro atoms. The summed E-state index contributed by atoms with van der Waals surface area (Å²) in [5.41, 5.74) is -1.05. The van der Waals surface area contributed by atoms with Gasteiger partial charge in [0, 0.05) is 5.56 Å². The Hall–Kier alpha value is -0.960. The van der Waals surface area contributed by atoms with Crippen molar-refractivity contribution >= 4 is 0 Å². The Morgan fingerprint density at radius 2 is 1.44 bits per heavy atom. The summed E-state index contributed by atoms with van der Waals surface area (Å²) in [7, 11) is 0. The van der Waals surface area contributed by atoms with Gasteiger partial charge in [0.15, 0.2) is 11.6 Å². The molecule has 1 aromatic rings. The number of halogens is 2. The van der Waals surface area contributed by atoms with Crippen LogP contribution in [0.15, 0.2) is 18.2 Å². The van der Waals surface area contributed by atoms with Crippen LogP contribution in [0.25, 0.3) is 0 Å². The minimum Gasteiger partial charge on any atom is -0.385 e. The third kappa shape index (κ3) is 5.31. The SMILES string of the molecule is CCCC[C@H]1CC[C@H](CCC2CCC(O)(c3cccc(F)c3F)CC2)CC1. The molecule has 152 valence electrons. The van der Waals surface area contributed by atoms with Crippen molar-refractivity contribution in [1.29, 1.82) is 0 Å². The minimum atomic E-state index is -1.19.